The second-order valence-corrected chi connectivity index (χ2v) is 7.06. The summed E-state index contributed by atoms with van der Waals surface area (Å²) in [6.07, 6.45) is 8.57. The zero-order chi connectivity index (χ0) is 17.8. The number of ether oxygens (including phenoxy) is 1. The van der Waals surface area contributed by atoms with Crippen LogP contribution in [-0.2, 0) is 0 Å². The van der Waals surface area contributed by atoms with Crippen LogP contribution in [0.1, 0.15) is 44.6 Å². The van der Waals surface area contributed by atoms with Crippen molar-refractivity contribution in [3.8, 4) is 16.9 Å². The Balaban J connectivity index is 1.81. The minimum Gasteiger partial charge on any atom is -0.494 e. The first-order valence-electron chi connectivity index (χ1n) is 8.95. The van der Waals surface area contributed by atoms with Crippen LogP contribution in [0.4, 0.5) is 4.39 Å². The molecule has 1 atom stereocenters. The molecule has 1 aliphatic rings. The molecule has 3 heteroatoms. The van der Waals surface area contributed by atoms with Gasteiger partial charge in [-0.3, -0.25) is 0 Å². The Bertz CT molecular complexity index is 764. The van der Waals surface area contributed by atoms with Crippen LogP contribution in [-0.4, -0.2) is 7.11 Å². The molecular formula is C22H24ClFO. The number of allylic oxidation sites excluding steroid dienone is 2. The topological polar surface area (TPSA) is 9.23 Å². The molecule has 0 aromatic heterocycles. The standard InChI is InChI=1S/C22H24ClFO/c1-3-4-15-5-7-16(8-6-15)17-9-11-18(12-10-17)19-13-14-20(25-2)22(24)21(19)23/h7,9-15H,3-6,8H2,1-2H3. The van der Waals surface area contributed by atoms with E-state index in [4.69, 9.17) is 16.3 Å². The second kappa shape index (κ2) is 8.05. The fourth-order valence-electron chi connectivity index (χ4n) is 3.60. The van der Waals surface area contributed by atoms with Crippen LogP contribution in [0.3, 0.4) is 0 Å². The van der Waals surface area contributed by atoms with Gasteiger partial charge in [0.25, 0.3) is 0 Å². The zero-order valence-corrected chi connectivity index (χ0v) is 15.6. The van der Waals surface area contributed by atoms with Crippen LogP contribution in [0.15, 0.2) is 42.5 Å². The van der Waals surface area contributed by atoms with Gasteiger partial charge < -0.3 is 4.74 Å². The van der Waals surface area contributed by atoms with Crippen molar-refractivity contribution in [3.63, 3.8) is 0 Å². The lowest BCUT2D eigenvalue weighted by molar-refractivity contribution is 0.387. The summed E-state index contributed by atoms with van der Waals surface area (Å²) in [5.41, 5.74) is 4.28. The highest BCUT2D eigenvalue weighted by Gasteiger charge is 2.16. The average molecular weight is 359 g/mol. The maximum atomic E-state index is 14.2. The van der Waals surface area contributed by atoms with Crippen molar-refractivity contribution in [2.45, 2.75) is 39.0 Å². The molecule has 3 rings (SSSR count). The van der Waals surface area contributed by atoms with Gasteiger partial charge in [-0.1, -0.05) is 61.7 Å². The summed E-state index contributed by atoms with van der Waals surface area (Å²) < 4.78 is 19.1. The van der Waals surface area contributed by atoms with E-state index in [1.807, 2.05) is 12.1 Å². The van der Waals surface area contributed by atoms with E-state index in [2.05, 4.69) is 25.1 Å². The van der Waals surface area contributed by atoms with Crippen molar-refractivity contribution < 1.29 is 9.13 Å². The van der Waals surface area contributed by atoms with E-state index in [1.165, 1.54) is 43.9 Å². The number of rotatable bonds is 5. The molecule has 0 heterocycles. The maximum absolute atomic E-state index is 14.2. The lowest BCUT2D eigenvalue weighted by Crippen LogP contribution is -2.04. The lowest BCUT2D eigenvalue weighted by atomic mass is 9.84. The highest BCUT2D eigenvalue weighted by Crippen LogP contribution is 2.36. The first-order valence-corrected chi connectivity index (χ1v) is 9.33. The van der Waals surface area contributed by atoms with Crippen LogP contribution < -0.4 is 4.74 Å². The number of benzene rings is 2. The fraction of sp³-hybridized carbons (Fsp3) is 0.364. The van der Waals surface area contributed by atoms with Gasteiger partial charge in [-0.2, -0.15) is 0 Å². The Morgan fingerprint density at radius 3 is 2.44 bits per heavy atom. The molecule has 0 radical (unpaired) electrons. The Morgan fingerprint density at radius 1 is 1.12 bits per heavy atom. The van der Waals surface area contributed by atoms with Gasteiger partial charge in [0.1, 0.15) is 0 Å². The minimum absolute atomic E-state index is 0.103. The Morgan fingerprint density at radius 2 is 1.84 bits per heavy atom. The predicted molar refractivity (Wildman–Crippen MR) is 104 cm³/mol. The number of methoxy groups -OCH3 is 1. The van der Waals surface area contributed by atoms with E-state index >= 15 is 0 Å². The van der Waals surface area contributed by atoms with E-state index in [1.54, 1.807) is 12.1 Å². The van der Waals surface area contributed by atoms with Gasteiger partial charge >= 0.3 is 0 Å². The lowest BCUT2D eigenvalue weighted by Gasteiger charge is -2.21. The van der Waals surface area contributed by atoms with Crippen LogP contribution in [0.25, 0.3) is 16.7 Å². The van der Waals surface area contributed by atoms with Crippen LogP contribution in [0.5, 0.6) is 5.75 Å². The maximum Gasteiger partial charge on any atom is 0.184 e. The average Bonchev–Trinajstić information content (AvgIpc) is 2.65. The summed E-state index contributed by atoms with van der Waals surface area (Å²) in [5.74, 6) is 0.496. The smallest absolute Gasteiger partial charge is 0.184 e. The molecule has 132 valence electrons. The molecule has 0 aliphatic heterocycles. The highest BCUT2D eigenvalue weighted by atomic mass is 35.5. The molecule has 1 nitrogen and oxygen atoms in total. The van der Waals surface area contributed by atoms with Crippen molar-refractivity contribution in [2.24, 2.45) is 5.92 Å². The molecule has 0 saturated carbocycles. The third kappa shape index (κ3) is 3.90. The van der Waals surface area contributed by atoms with Gasteiger partial charge in [-0.15, -0.1) is 0 Å². The third-order valence-electron chi connectivity index (χ3n) is 5.05. The number of hydrogen-bond acceptors (Lipinski definition) is 1. The summed E-state index contributed by atoms with van der Waals surface area (Å²) >= 11 is 6.18. The quantitative estimate of drug-likeness (QED) is 0.552. The van der Waals surface area contributed by atoms with Gasteiger partial charge in [0.2, 0.25) is 0 Å². The molecule has 0 amide bonds. The van der Waals surface area contributed by atoms with E-state index in [-0.39, 0.29) is 10.8 Å². The van der Waals surface area contributed by atoms with Crippen molar-refractivity contribution in [1.29, 1.82) is 0 Å². The van der Waals surface area contributed by atoms with Crippen LogP contribution >= 0.6 is 11.6 Å². The van der Waals surface area contributed by atoms with Crippen molar-refractivity contribution in [1.82, 2.24) is 0 Å². The summed E-state index contributed by atoms with van der Waals surface area (Å²) in [6.45, 7) is 2.26. The second-order valence-electron chi connectivity index (χ2n) is 6.68. The van der Waals surface area contributed by atoms with Crippen LogP contribution in [0, 0.1) is 11.7 Å². The SMILES string of the molecule is CCCC1CC=C(c2ccc(-c3ccc(OC)c(F)c3Cl)cc2)CC1. The third-order valence-corrected chi connectivity index (χ3v) is 5.42. The van der Waals surface area contributed by atoms with Crippen LogP contribution in [0.2, 0.25) is 5.02 Å². The van der Waals surface area contributed by atoms with Crippen molar-refractivity contribution in [2.75, 3.05) is 7.11 Å². The first kappa shape index (κ1) is 18.0. The monoisotopic (exact) mass is 358 g/mol. The highest BCUT2D eigenvalue weighted by molar-refractivity contribution is 6.33. The molecule has 0 bridgehead atoms. The predicted octanol–water partition coefficient (Wildman–Crippen LogP) is 7.14. The fourth-order valence-corrected chi connectivity index (χ4v) is 3.86. The number of halogens is 2. The van der Waals surface area contributed by atoms with Gasteiger partial charge in [0.05, 0.1) is 12.1 Å². The van der Waals surface area contributed by atoms with Crippen molar-refractivity contribution in [3.05, 3.63) is 58.9 Å². The Labute approximate surface area is 154 Å². The van der Waals surface area contributed by atoms with Gasteiger partial charge in [0, 0.05) is 5.56 Å². The Kier molecular flexibility index (Phi) is 5.80. The summed E-state index contributed by atoms with van der Waals surface area (Å²) in [4.78, 5) is 0. The largest absolute Gasteiger partial charge is 0.494 e. The van der Waals surface area contributed by atoms with Crippen molar-refractivity contribution >= 4 is 17.2 Å². The first-order chi connectivity index (χ1) is 12.1. The van der Waals surface area contributed by atoms with Gasteiger partial charge in [0.15, 0.2) is 11.6 Å². The molecule has 0 saturated heterocycles. The van der Waals surface area contributed by atoms with E-state index in [9.17, 15) is 4.39 Å². The zero-order valence-electron chi connectivity index (χ0n) is 14.8. The van der Waals surface area contributed by atoms with Gasteiger partial charge in [-0.05, 0) is 54.0 Å². The molecule has 0 N–H and O–H groups in total. The normalized spacial score (nSPS) is 17.3. The molecule has 1 aliphatic carbocycles. The van der Waals surface area contributed by atoms with E-state index < -0.39 is 5.82 Å². The van der Waals surface area contributed by atoms with E-state index in [0.717, 1.165) is 17.9 Å². The molecule has 2 aromatic rings. The molecule has 2 aromatic carbocycles. The summed E-state index contributed by atoms with van der Waals surface area (Å²) in [5, 5.41) is 0.103. The molecule has 0 spiro atoms. The van der Waals surface area contributed by atoms with Gasteiger partial charge in [-0.25, -0.2) is 4.39 Å². The Hall–Kier alpha value is -1.80. The summed E-state index contributed by atoms with van der Waals surface area (Å²) in [6, 6.07) is 11.7. The minimum atomic E-state index is -0.511. The molecular weight excluding hydrogens is 335 g/mol. The van der Waals surface area contributed by atoms with E-state index in [0.29, 0.717) is 5.56 Å². The summed E-state index contributed by atoms with van der Waals surface area (Å²) in [7, 11) is 1.44. The number of hydrogen-bond donors (Lipinski definition) is 0. The molecule has 0 fully saturated rings. The molecule has 1 unspecified atom stereocenters. The molecule has 25 heavy (non-hydrogen) atoms.